The van der Waals surface area contributed by atoms with Crippen molar-refractivity contribution in [3.8, 4) is 0 Å². The number of methoxy groups -OCH3 is 1. The lowest BCUT2D eigenvalue weighted by atomic mass is 10.1. The molecule has 1 aromatic rings. The first kappa shape index (κ1) is 25.6. The van der Waals surface area contributed by atoms with Gasteiger partial charge in [0.2, 0.25) is 5.91 Å². The zero-order chi connectivity index (χ0) is 23.2. The summed E-state index contributed by atoms with van der Waals surface area (Å²) in [5, 5.41) is 9.93. The zero-order valence-corrected chi connectivity index (χ0v) is 19.7. The summed E-state index contributed by atoms with van der Waals surface area (Å²) < 4.78 is 4.61. The molecule has 1 heterocycles. The number of hydrogen-bond donors (Lipinski definition) is 3. The molecule has 1 saturated heterocycles. The fraction of sp³-hybridized carbons (Fsp3) is 0.609. The second kappa shape index (κ2) is 14.4. The number of esters is 1. The molecule has 178 valence electrons. The summed E-state index contributed by atoms with van der Waals surface area (Å²) in [4.78, 5) is 32.5. The van der Waals surface area contributed by atoms with Crippen LogP contribution in [-0.4, -0.2) is 101 Å². The number of amidine groups is 1. The topological polar surface area (TPSA) is 98.3 Å². The van der Waals surface area contributed by atoms with Crippen LogP contribution in [0.1, 0.15) is 24.8 Å². The maximum atomic E-state index is 12.3. The second-order valence-electron chi connectivity index (χ2n) is 7.71. The Morgan fingerprint density at radius 1 is 1.06 bits per heavy atom. The van der Waals surface area contributed by atoms with Gasteiger partial charge in [0.1, 0.15) is 5.84 Å². The Morgan fingerprint density at radius 3 is 2.50 bits per heavy atom. The predicted octanol–water partition coefficient (Wildman–Crippen LogP) is 0.771. The van der Waals surface area contributed by atoms with Crippen LogP contribution in [0.3, 0.4) is 0 Å². The summed E-state index contributed by atoms with van der Waals surface area (Å²) >= 11 is 0. The molecule has 0 atom stereocenters. The number of nitrogens with zero attached hydrogens (tertiary/aromatic N) is 3. The molecular formula is C23H38N6O3. The van der Waals surface area contributed by atoms with Gasteiger partial charge in [-0.05, 0) is 32.1 Å². The van der Waals surface area contributed by atoms with Crippen molar-refractivity contribution in [2.75, 3.05) is 78.9 Å². The number of anilines is 1. The van der Waals surface area contributed by atoms with Gasteiger partial charge in [-0.2, -0.15) is 0 Å². The predicted molar refractivity (Wildman–Crippen MR) is 128 cm³/mol. The molecule has 0 aliphatic carbocycles. The maximum Gasteiger partial charge on any atom is 0.306 e. The first-order chi connectivity index (χ1) is 15.6. The molecule has 32 heavy (non-hydrogen) atoms. The Hall–Kier alpha value is -2.65. The van der Waals surface area contributed by atoms with Crippen LogP contribution < -0.4 is 16.0 Å². The van der Waals surface area contributed by atoms with Crippen molar-refractivity contribution in [3.63, 3.8) is 0 Å². The van der Waals surface area contributed by atoms with Crippen LogP contribution >= 0.6 is 0 Å². The van der Waals surface area contributed by atoms with Gasteiger partial charge < -0.3 is 25.6 Å². The van der Waals surface area contributed by atoms with Crippen molar-refractivity contribution in [2.45, 2.75) is 19.3 Å². The van der Waals surface area contributed by atoms with Gasteiger partial charge in [-0.1, -0.05) is 12.1 Å². The molecule has 3 N–H and O–H groups in total. The molecule has 0 radical (unpaired) electrons. The van der Waals surface area contributed by atoms with Crippen LogP contribution in [0, 0.1) is 0 Å². The van der Waals surface area contributed by atoms with Gasteiger partial charge in [0.05, 0.1) is 13.5 Å². The summed E-state index contributed by atoms with van der Waals surface area (Å²) in [7, 11) is 5.21. The molecule has 1 aliphatic rings. The highest BCUT2D eigenvalue weighted by Crippen LogP contribution is 2.14. The highest BCUT2D eigenvalue weighted by atomic mass is 16.5. The van der Waals surface area contributed by atoms with Crippen molar-refractivity contribution in [1.29, 1.82) is 0 Å². The summed E-state index contributed by atoms with van der Waals surface area (Å²) in [6.45, 7) is 6.38. The molecule has 1 fully saturated rings. The number of benzene rings is 1. The van der Waals surface area contributed by atoms with Gasteiger partial charge in [-0.25, -0.2) is 0 Å². The third-order valence-electron chi connectivity index (χ3n) is 5.52. The molecule has 0 spiro atoms. The summed E-state index contributed by atoms with van der Waals surface area (Å²) in [6, 6.07) is 8.17. The van der Waals surface area contributed by atoms with E-state index in [1.165, 1.54) is 7.11 Å². The van der Waals surface area contributed by atoms with E-state index in [-0.39, 0.29) is 24.7 Å². The third kappa shape index (κ3) is 8.47. The van der Waals surface area contributed by atoms with E-state index in [0.29, 0.717) is 13.1 Å². The Morgan fingerprint density at radius 2 is 1.81 bits per heavy atom. The van der Waals surface area contributed by atoms with Crippen LogP contribution in [0.15, 0.2) is 29.3 Å². The molecule has 9 heteroatoms. The average molecular weight is 447 g/mol. The third-order valence-corrected chi connectivity index (χ3v) is 5.52. The zero-order valence-electron chi connectivity index (χ0n) is 19.7. The number of nitrogens with one attached hydrogen (secondary N) is 3. The first-order valence-corrected chi connectivity index (χ1v) is 11.4. The number of rotatable bonds is 12. The van der Waals surface area contributed by atoms with Gasteiger partial charge >= 0.3 is 5.97 Å². The summed E-state index contributed by atoms with van der Waals surface area (Å²) in [5.41, 5.74) is 2.12. The minimum Gasteiger partial charge on any atom is -0.469 e. The van der Waals surface area contributed by atoms with Gasteiger partial charge in [-0.3, -0.25) is 19.5 Å². The number of hydrogen-bond acceptors (Lipinski definition) is 7. The van der Waals surface area contributed by atoms with Gasteiger partial charge in [0.25, 0.3) is 0 Å². The molecule has 1 aromatic carbocycles. The Balaban J connectivity index is 1.82. The van der Waals surface area contributed by atoms with E-state index in [4.69, 9.17) is 4.99 Å². The molecular weight excluding hydrogens is 408 g/mol. The number of amides is 1. The number of aliphatic imine (C=N–C) groups is 1. The van der Waals surface area contributed by atoms with Crippen molar-refractivity contribution in [3.05, 3.63) is 29.8 Å². The molecule has 1 amide bonds. The number of carbonyl (C=O) groups is 2. The lowest BCUT2D eigenvalue weighted by molar-refractivity contribution is -0.144. The highest BCUT2D eigenvalue weighted by molar-refractivity contribution is 6.03. The van der Waals surface area contributed by atoms with Crippen LogP contribution in [0.2, 0.25) is 0 Å². The van der Waals surface area contributed by atoms with E-state index in [9.17, 15) is 9.59 Å². The summed E-state index contributed by atoms with van der Waals surface area (Å²) in [5.74, 6) is 0.585. The molecule has 1 aliphatic heterocycles. The van der Waals surface area contributed by atoms with E-state index < -0.39 is 0 Å². The van der Waals surface area contributed by atoms with E-state index in [0.717, 1.165) is 62.8 Å². The van der Waals surface area contributed by atoms with Crippen LogP contribution in [-0.2, 0) is 14.3 Å². The Labute approximate surface area is 191 Å². The monoisotopic (exact) mass is 446 g/mol. The van der Waals surface area contributed by atoms with E-state index >= 15 is 0 Å². The SMILES string of the molecule is CNCCCN=C(NCCN1CCN(C(=O)CCC(=O)OC)CC1)c1ccccc1NC. The molecule has 2 rings (SSSR count). The standard InChI is InChI=1S/C23H38N6O3/c1-24-11-6-12-26-23(19-7-4-5-8-20(19)25-2)27-13-14-28-15-17-29(18-16-28)21(30)9-10-22(31)32-3/h4-5,7-8,24-25H,6,9-18H2,1-3H3,(H,26,27). The average Bonchev–Trinajstić information content (AvgIpc) is 2.84. The van der Waals surface area contributed by atoms with Gasteiger partial charge in [0, 0.05) is 70.5 Å². The van der Waals surface area contributed by atoms with E-state index in [1.807, 2.05) is 31.1 Å². The maximum absolute atomic E-state index is 12.3. The molecule has 0 bridgehead atoms. The first-order valence-electron chi connectivity index (χ1n) is 11.4. The fourth-order valence-electron chi connectivity index (χ4n) is 3.61. The Kier molecular flexibility index (Phi) is 11.5. The number of para-hydroxylation sites is 1. The summed E-state index contributed by atoms with van der Waals surface area (Å²) in [6.07, 6.45) is 1.34. The van der Waals surface area contributed by atoms with E-state index in [1.54, 1.807) is 0 Å². The van der Waals surface area contributed by atoms with Gasteiger partial charge in [0.15, 0.2) is 0 Å². The molecule has 0 unspecified atom stereocenters. The fourth-order valence-corrected chi connectivity index (χ4v) is 3.61. The number of ether oxygens (including phenoxy) is 1. The number of carbonyl (C=O) groups excluding carboxylic acids is 2. The quantitative estimate of drug-likeness (QED) is 0.189. The van der Waals surface area contributed by atoms with Crippen LogP contribution in [0.5, 0.6) is 0 Å². The normalized spacial score (nSPS) is 14.8. The second-order valence-corrected chi connectivity index (χ2v) is 7.71. The largest absolute Gasteiger partial charge is 0.469 e. The lowest BCUT2D eigenvalue weighted by Crippen LogP contribution is -2.50. The molecule has 9 nitrogen and oxygen atoms in total. The van der Waals surface area contributed by atoms with Crippen molar-refractivity contribution >= 4 is 23.4 Å². The smallest absolute Gasteiger partial charge is 0.306 e. The highest BCUT2D eigenvalue weighted by Gasteiger charge is 2.21. The van der Waals surface area contributed by atoms with Gasteiger partial charge in [-0.15, -0.1) is 0 Å². The van der Waals surface area contributed by atoms with E-state index in [2.05, 4.69) is 37.7 Å². The van der Waals surface area contributed by atoms with Crippen LogP contribution in [0.25, 0.3) is 0 Å². The van der Waals surface area contributed by atoms with Crippen molar-refractivity contribution in [2.24, 2.45) is 4.99 Å². The van der Waals surface area contributed by atoms with Crippen molar-refractivity contribution in [1.82, 2.24) is 20.4 Å². The molecule has 0 saturated carbocycles. The van der Waals surface area contributed by atoms with Crippen LogP contribution in [0.4, 0.5) is 5.69 Å². The lowest BCUT2D eigenvalue weighted by Gasteiger charge is -2.34. The van der Waals surface area contributed by atoms with Crippen molar-refractivity contribution < 1.29 is 14.3 Å². The number of piperazine rings is 1. The minimum atomic E-state index is -0.341. The minimum absolute atomic E-state index is 0.0211. The molecule has 0 aromatic heterocycles. The Bertz CT molecular complexity index is 747.